The van der Waals surface area contributed by atoms with Crippen molar-refractivity contribution in [2.75, 3.05) is 6.54 Å². The third kappa shape index (κ3) is 1.82. The maximum Gasteiger partial charge on any atom is 0.194 e. The van der Waals surface area contributed by atoms with E-state index in [-0.39, 0.29) is 16.6 Å². The van der Waals surface area contributed by atoms with Crippen molar-refractivity contribution in [3.8, 4) is 11.5 Å². The molecule has 0 heterocycles. The first-order chi connectivity index (χ1) is 6.49. The Morgan fingerprint density at radius 2 is 2.00 bits per heavy atom. The monoisotopic (exact) mass is 265 g/mol. The lowest BCUT2D eigenvalue weighted by Gasteiger charge is -2.13. The predicted octanol–water partition coefficient (Wildman–Crippen LogP) is 0.991. The first kappa shape index (κ1) is 11.2. The molecule has 1 rings (SSSR count). The Morgan fingerprint density at radius 1 is 1.43 bits per heavy atom. The fourth-order valence-electron chi connectivity index (χ4n) is 1.05. The van der Waals surface area contributed by atoms with Crippen LogP contribution < -0.4 is 5.73 Å². The molecule has 14 heavy (non-hydrogen) atoms. The second-order valence-corrected chi connectivity index (χ2v) is 3.56. The minimum Gasteiger partial charge on any atom is -0.504 e. The predicted molar refractivity (Wildman–Crippen MR) is 51.4 cm³/mol. The van der Waals surface area contributed by atoms with Gasteiger partial charge in [0.1, 0.15) is 0 Å². The highest BCUT2D eigenvalue weighted by Gasteiger charge is 2.20. The van der Waals surface area contributed by atoms with Gasteiger partial charge in [0.25, 0.3) is 0 Å². The zero-order chi connectivity index (χ0) is 10.9. The summed E-state index contributed by atoms with van der Waals surface area (Å²) in [6, 6.07) is 0.948. The molecule has 4 nitrogen and oxygen atoms in total. The van der Waals surface area contributed by atoms with Crippen LogP contribution in [-0.4, -0.2) is 21.9 Å². The number of aliphatic hydroxyl groups is 1. The van der Waals surface area contributed by atoms with Crippen LogP contribution in [0.2, 0.25) is 0 Å². The Labute approximate surface area is 87.9 Å². The van der Waals surface area contributed by atoms with E-state index in [2.05, 4.69) is 15.9 Å². The van der Waals surface area contributed by atoms with Gasteiger partial charge < -0.3 is 21.1 Å². The zero-order valence-electron chi connectivity index (χ0n) is 7.04. The maximum atomic E-state index is 12.8. The molecule has 0 aliphatic heterocycles. The van der Waals surface area contributed by atoms with Crippen molar-refractivity contribution in [3.05, 3.63) is 21.9 Å². The van der Waals surface area contributed by atoms with Crippen molar-refractivity contribution in [3.63, 3.8) is 0 Å². The Hall–Kier alpha value is -0.850. The summed E-state index contributed by atoms with van der Waals surface area (Å²) in [5.74, 6) is -2.56. The molecule has 0 aliphatic carbocycles. The molecular formula is C8H9BrFNO3. The zero-order valence-corrected chi connectivity index (χ0v) is 8.62. The maximum absolute atomic E-state index is 12.8. The van der Waals surface area contributed by atoms with E-state index in [4.69, 9.17) is 10.8 Å². The van der Waals surface area contributed by atoms with E-state index < -0.39 is 23.4 Å². The van der Waals surface area contributed by atoms with Gasteiger partial charge in [-0.1, -0.05) is 15.9 Å². The van der Waals surface area contributed by atoms with E-state index in [1.165, 1.54) is 0 Å². The molecule has 1 aromatic rings. The number of hydrogen-bond donors (Lipinski definition) is 4. The average Bonchev–Trinajstić information content (AvgIpc) is 2.14. The molecule has 0 aromatic heterocycles. The van der Waals surface area contributed by atoms with E-state index in [1.807, 2.05) is 0 Å². The summed E-state index contributed by atoms with van der Waals surface area (Å²) in [4.78, 5) is 0. The summed E-state index contributed by atoms with van der Waals surface area (Å²) in [6.45, 7) is -0.142. The Balaban J connectivity index is 3.36. The van der Waals surface area contributed by atoms with Crippen molar-refractivity contribution < 1.29 is 19.7 Å². The molecule has 6 heteroatoms. The van der Waals surface area contributed by atoms with Gasteiger partial charge in [-0.15, -0.1) is 0 Å². The van der Waals surface area contributed by atoms with Crippen LogP contribution in [0.5, 0.6) is 11.5 Å². The lowest BCUT2D eigenvalue weighted by atomic mass is 10.1. The van der Waals surface area contributed by atoms with Gasteiger partial charge in [-0.3, -0.25) is 0 Å². The first-order valence-electron chi connectivity index (χ1n) is 3.77. The average molecular weight is 266 g/mol. The molecule has 0 saturated carbocycles. The molecule has 1 atom stereocenters. The third-order valence-electron chi connectivity index (χ3n) is 1.77. The van der Waals surface area contributed by atoms with Crippen LogP contribution in [0.4, 0.5) is 4.39 Å². The Kier molecular flexibility index (Phi) is 3.30. The highest BCUT2D eigenvalue weighted by Crippen LogP contribution is 2.39. The second kappa shape index (κ2) is 4.12. The molecule has 1 unspecified atom stereocenters. The molecule has 0 bridgehead atoms. The standard InChI is InChI=1S/C8H9BrFNO3/c9-3-1-4(10)7(13)8(14)6(3)5(12)2-11/h1,5,12-14H,2,11H2. The van der Waals surface area contributed by atoms with Crippen molar-refractivity contribution >= 4 is 15.9 Å². The Morgan fingerprint density at radius 3 is 2.50 bits per heavy atom. The molecule has 0 amide bonds. The number of phenolic OH excluding ortho intramolecular Hbond substituents is 2. The van der Waals surface area contributed by atoms with Gasteiger partial charge in [0, 0.05) is 16.6 Å². The highest BCUT2D eigenvalue weighted by molar-refractivity contribution is 9.10. The van der Waals surface area contributed by atoms with Crippen LogP contribution in [-0.2, 0) is 0 Å². The molecule has 0 radical (unpaired) electrons. The SMILES string of the molecule is NCC(O)c1c(Br)cc(F)c(O)c1O. The summed E-state index contributed by atoms with van der Waals surface area (Å²) in [5, 5.41) is 27.7. The largest absolute Gasteiger partial charge is 0.504 e. The van der Waals surface area contributed by atoms with Crippen molar-refractivity contribution in [1.29, 1.82) is 0 Å². The topological polar surface area (TPSA) is 86.7 Å². The van der Waals surface area contributed by atoms with E-state index in [9.17, 15) is 14.6 Å². The number of aromatic hydroxyl groups is 2. The minimum atomic E-state index is -1.16. The van der Waals surface area contributed by atoms with E-state index in [0.717, 1.165) is 6.07 Å². The van der Waals surface area contributed by atoms with Crippen LogP contribution in [0.15, 0.2) is 10.5 Å². The van der Waals surface area contributed by atoms with Gasteiger partial charge in [0.15, 0.2) is 17.3 Å². The quantitative estimate of drug-likeness (QED) is 0.601. The molecule has 0 fully saturated rings. The fraction of sp³-hybridized carbons (Fsp3) is 0.250. The molecular weight excluding hydrogens is 257 g/mol. The summed E-state index contributed by atoms with van der Waals surface area (Å²) in [7, 11) is 0. The van der Waals surface area contributed by atoms with Crippen LogP contribution in [0.3, 0.4) is 0 Å². The van der Waals surface area contributed by atoms with Gasteiger partial charge in [-0.25, -0.2) is 4.39 Å². The van der Waals surface area contributed by atoms with Crippen LogP contribution in [0.1, 0.15) is 11.7 Å². The number of rotatable bonds is 2. The summed E-state index contributed by atoms with van der Waals surface area (Å²) in [6.07, 6.45) is -1.16. The number of phenols is 2. The minimum absolute atomic E-state index is 0.0219. The first-order valence-corrected chi connectivity index (χ1v) is 4.56. The number of aliphatic hydroxyl groups excluding tert-OH is 1. The van der Waals surface area contributed by atoms with E-state index in [1.54, 1.807) is 0 Å². The lowest BCUT2D eigenvalue weighted by Crippen LogP contribution is -2.12. The lowest BCUT2D eigenvalue weighted by molar-refractivity contribution is 0.180. The van der Waals surface area contributed by atoms with Crippen molar-refractivity contribution in [1.82, 2.24) is 0 Å². The molecule has 0 spiro atoms. The third-order valence-corrected chi connectivity index (χ3v) is 2.43. The van der Waals surface area contributed by atoms with Gasteiger partial charge in [-0.05, 0) is 6.07 Å². The Bertz CT molecular complexity index is 359. The van der Waals surface area contributed by atoms with Crippen molar-refractivity contribution in [2.45, 2.75) is 6.10 Å². The van der Waals surface area contributed by atoms with E-state index in [0.29, 0.717) is 0 Å². The highest BCUT2D eigenvalue weighted by atomic mass is 79.9. The van der Waals surface area contributed by atoms with E-state index >= 15 is 0 Å². The second-order valence-electron chi connectivity index (χ2n) is 2.70. The molecule has 0 aliphatic rings. The summed E-state index contributed by atoms with van der Waals surface area (Å²) < 4.78 is 13.0. The summed E-state index contributed by atoms with van der Waals surface area (Å²) >= 11 is 2.95. The van der Waals surface area contributed by atoms with Crippen molar-refractivity contribution in [2.24, 2.45) is 5.73 Å². The van der Waals surface area contributed by atoms with Crippen LogP contribution in [0.25, 0.3) is 0 Å². The normalized spacial score (nSPS) is 12.9. The van der Waals surface area contributed by atoms with Gasteiger partial charge in [0.2, 0.25) is 0 Å². The molecule has 0 saturated heterocycles. The van der Waals surface area contributed by atoms with Gasteiger partial charge >= 0.3 is 0 Å². The van der Waals surface area contributed by atoms with Gasteiger partial charge in [-0.2, -0.15) is 0 Å². The molecule has 5 N–H and O–H groups in total. The number of nitrogens with two attached hydrogens (primary N) is 1. The molecule has 78 valence electrons. The smallest absolute Gasteiger partial charge is 0.194 e. The van der Waals surface area contributed by atoms with Gasteiger partial charge in [0.05, 0.1) is 6.10 Å². The number of hydrogen-bond acceptors (Lipinski definition) is 4. The van der Waals surface area contributed by atoms with Crippen LogP contribution >= 0.6 is 15.9 Å². The summed E-state index contributed by atoms with van der Waals surface area (Å²) in [5.41, 5.74) is 5.15. The fourth-order valence-corrected chi connectivity index (χ4v) is 1.70. The number of benzene rings is 1. The number of halogens is 2. The molecule has 1 aromatic carbocycles. The van der Waals surface area contributed by atoms with Crippen LogP contribution in [0, 0.1) is 5.82 Å².